The van der Waals surface area contributed by atoms with Gasteiger partial charge in [-0.05, 0) is 23.3 Å². The highest BCUT2D eigenvalue weighted by Crippen LogP contribution is 2.17. The van der Waals surface area contributed by atoms with Crippen LogP contribution in [0.5, 0.6) is 0 Å². The Balaban J connectivity index is 2.08. The lowest BCUT2D eigenvalue weighted by Gasteiger charge is -2.04. The van der Waals surface area contributed by atoms with Gasteiger partial charge < -0.3 is 5.11 Å². The van der Waals surface area contributed by atoms with E-state index in [2.05, 4.69) is 0 Å². The van der Waals surface area contributed by atoms with Crippen LogP contribution in [-0.4, -0.2) is 10.0 Å². The second kappa shape index (κ2) is 5.93. The van der Waals surface area contributed by atoms with Crippen molar-refractivity contribution in [1.82, 2.24) is 0 Å². The smallest absolute Gasteiger partial charge is 0.269 e. The highest BCUT2D eigenvalue weighted by molar-refractivity contribution is 5.52. The lowest BCUT2D eigenvalue weighted by molar-refractivity contribution is -0.384. The summed E-state index contributed by atoms with van der Waals surface area (Å²) in [7, 11) is 0. The maximum Gasteiger partial charge on any atom is 0.269 e. The fourth-order valence-corrected chi connectivity index (χ4v) is 1.67. The number of aliphatic hydroxyl groups excluding tert-OH is 1. The van der Waals surface area contributed by atoms with Gasteiger partial charge in [-0.2, -0.15) is 0 Å². The predicted octanol–water partition coefficient (Wildman–Crippen LogP) is 3.34. The SMILES string of the molecule is O=[N+]([O-])c1ccc(/C=C/C(O)c2ccccc2)cc1. The fourth-order valence-electron chi connectivity index (χ4n) is 1.67. The van der Waals surface area contributed by atoms with E-state index in [9.17, 15) is 15.2 Å². The average molecular weight is 255 g/mol. The number of aliphatic hydroxyl groups is 1. The minimum atomic E-state index is -0.684. The number of hydrogen-bond donors (Lipinski definition) is 1. The molecule has 1 N–H and O–H groups in total. The van der Waals surface area contributed by atoms with E-state index < -0.39 is 11.0 Å². The van der Waals surface area contributed by atoms with Crippen LogP contribution in [0.4, 0.5) is 5.69 Å². The van der Waals surface area contributed by atoms with Gasteiger partial charge in [0.2, 0.25) is 0 Å². The first-order valence-electron chi connectivity index (χ1n) is 5.82. The Hall–Kier alpha value is -2.46. The summed E-state index contributed by atoms with van der Waals surface area (Å²) in [5.41, 5.74) is 1.67. The van der Waals surface area contributed by atoms with E-state index in [0.29, 0.717) is 0 Å². The third kappa shape index (κ3) is 3.50. The molecule has 19 heavy (non-hydrogen) atoms. The van der Waals surface area contributed by atoms with E-state index in [4.69, 9.17) is 0 Å². The quantitative estimate of drug-likeness (QED) is 0.673. The van der Waals surface area contributed by atoms with Gasteiger partial charge >= 0.3 is 0 Å². The molecular weight excluding hydrogens is 242 g/mol. The molecule has 2 aromatic rings. The summed E-state index contributed by atoms with van der Waals surface area (Å²) in [6.07, 6.45) is 2.70. The molecule has 0 saturated carbocycles. The van der Waals surface area contributed by atoms with E-state index in [-0.39, 0.29) is 5.69 Å². The van der Waals surface area contributed by atoms with Gasteiger partial charge in [0.05, 0.1) is 11.0 Å². The molecule has 0 radical (unpaired) electrons. The van der Waals surface area contributed by atoms with Gasteiger partial charge in [-0.1, -0.05) is 42.5 Å². The van der Waals surface area contributed by atoms with Crippen LogP contribution in [0.15, 0.2) is 60.7 Å². The van der Waals surface area contributed by atoms with E-state index in [1.54, 1.807) is 24.3 Å². The summed E-state index contributed by atoms with van der Waals surface area (Å²) >= 11 is 0. The van der Waals surface area contributed by atoms with Crippen LogP contribution < -0.4 is 0 Å². The second-order valence-corrected chi connectivity index (χ2v) is 4.06. The average Bonchev–Trinajstić information content (AvgIpc) is 2.46. The molecule has 0 spiro atoms. The van der Waals surface area contributed by atoms with Crippen LogP contribution in [0.2, 0.25) is 0 Å². The van der Waals surface area contributed by atoms with Gasteiger partial charge in [-0.15, -0.1) is 0 Å². The minimum Gasteiger partial charge on any atom is -0.384 e. The van der Waals surface area contributed by atoms with Crippen molar-refractivity contribution >= 4 is 11.8 Å². The second-order valence-electron chi connectivity index (χ2n) is 4.06. The van der Waals surface area contributed by atoms with E-state index in [1.807, 2.05) is 30.3 Å². The van der Waals surface area contributed by atoms with E-state index >= 15 is 0 Å². The molecule has 2 aromatic carbocycles. The number of hydrogen-bond acceptors (Lipinski definition) is 3. The first-order valence-corrected chi connectivity index (χ1v) is 5.82. The van der Waals surface area contributed by atoms with Crippen LogP contribution in [0.25, 0.3) is 6.08 Å². The molecule has 1 unspecified atom stereocenters. The summed E-state index contributed by atoms with van der Waals surface area (Å²) in [5, 5.41) is 20.4. The lowest BCUT2D eigenvalue weighted by Crippen LogP contribution is -1.91. The largest absolute Gasteiger partial charge is 0.384 e. The number of nitro benzene ring substituents is 1. The molecule has 2 rings (SSSR count). The summed E-state index contributed by atoms with van der Waals surface area (Å²) < 4.78 is 0. The van der Waals surface area contributed by atoms with Crippen molar-refractivity contribution in [2.75, 3.05) is 0 Å². The number of non-ortho nitro benzene ring substituents is 1. The Kier molecular flexibility index (Phi) is 4.05. The molecule has 0 fully saturated rings. The topological polar surface area (TPSA) is 63.4 Å². The third-order valence-electron chi connectivity index (χ3n) is 2.72. The normalized spacial score (nSPS) is 12.5. The van der Waals surface area contributed by atoms with Crippen molar-refractivity contribution in [2.24, 2.45) is 0 Å². The lowest BCUT2D eigenvalue weighted by atomic mass is 10.1. The summed E-state index contributed by atoms with van der Waals surface area (Å²) in [6, 6.07) is 15.4. The first-order chi connectivity index (χ1) is 9.16. The van der Waals surface area contributed by atoms with Crippen LogP contribution >= 0.6 is 0 Å². The Morgan fingerprint density at radius 1 is 1.05 bits per heavy atom. The van der Waals surface area contributed by atoms with Crippen molar-refractivity contribution in [3.05, 3.63) is 81.9 Å². The first kappa shape index (κ1) is 13.0. The fraction of sp³-hybridized carbons (Fsp3) is 0.0667. The molecule has 0 aromatic heterocycles. The van der Waals surface area contributed by atoms with Gasteiger partial charge in [0.1, 0.15) is 0 Å². The Labute approximate surface area is 110 Å². The molecule has 0 amide bonds. The molecule has 96 valence electrons. The summed E-state index contributed by atoms with van der Waals surface area (Å²) in [4.78, 5) is 10.1. The molecule has 0 aliphatic rings. The van der Waals surface area contributed by atoms with Crippen molar-refractivity contribution in [2.45, 2.75) is 6.10 Å². The van der Waals surface area contributed by atoms with Crippen LogP contribution in [0.1, 0.15) is 17.2 Å². The van der Waals surface area contributed by atoms with Crippen molar-refractivity contribution in [3.63, 3.8) is 0 Å². The Bertz CT molecular complexity index is 576. The molecule has 1 atom stereocenters. The number of nitro groups is 1. The van der Waals surface area contributed by atoms with E-state index in [1.165, 1.54) is 12.1 Å². The molecule has 0 saturated heterocycles. The number of nitrogens with zero attached hydrogens (tertiary/aromatic N) is 1. The Morgan fingerprint density at radius 3 is 2.26 bits per heavy atom. The maximum absolute atomic E-state index is 10.5. The van der Waals surface area contributed by atoms with Gasteiger partial charge in [-0.3, -0.25) is 10.1 Å². The van der Waals surface area contributed by atoms with E-state index in [0.717, 1.165) is 11.1 Å². The van der Waals surface area contributed by atoms with Crippen molar-refractivity contribution in [3.8, 4) is 0 Å². The van der Waals surface area contributed by atoms with Crippen LogP contribution in [0.3, 0.4) is 0 Å². The zero-order chi connectivity index (χ0) is 13.7. The zero-order valence-corrected chi connectivity index (χ0v) is 10.1. The minimum absolute atomic E-state index is 0.0563. The van der Waals surface area contributed by atoms with Gasteiger partial charge in [0.25, 0.3) is 5.69 Å². The molecule has 4 nitrogen and oxygen atoms in total. The highest BCUT2D eigenvalue weighted by atomic mass is 16.6. The van der Waals surface area contributed by atoms with Crippen LogP contribution in [-0.2, 0) is 0 Å². The molecule has 0 aliphatic heterocycles. The molecule has 0 heterocycles. The van der Waals surface area contributed by atoms with Crippen molar-refractivity contribution in [1.29, 1.82) is 0 Å². The van der Waals surface area contributed by atoms with Crippen molar-refractivity contribution < 1.29 is 10.0 Å². The van der Waals surface area contributed by atoms with Gasteiger partial charge in [-0.25, -0.2) is 0 Å². The maximum atomic E-state index is 10.5. The standard InChI is InChI=1S/C15H13NO3/c17-15(13-4-2-1-3-5-13)11-8-12-6-9-14(10-7-12)16(18)19/h1-11,15,17H/b11-8+. The van der Waals surface area contributed by atoms with Gasteiger partial charge in [0, 0.05) is 12.1 Å². The highest BCUT2D eigenvalue weighted by Gasteiger charge is 2.04. The monoisotopic (exact) mass is 255 g/mol. The number of benzene rings is 2. The number of rotatable bonds is 4. The molecular formula is C15H13NO3. The predicted molar refractivity (Wildman–Crippen MR) is 73.5 cm³/mol. The molecule has 0 bridgehead atoms. The summed E-state index contributed by atoms with van der Waals surface area (Å²) in [6.45, 7) is 0. The Morgan fingerprint density at radius 2 is 1.68 bits per heavy atom. The van der Waals surface area contributed by atoms with Gasteiger partial charge in [0.15, 0.2) is 0 Å². The summed E-state index contributed by atoms with van der Waals surface area (Å²) in [5.74, 6) is 0. The molecule has 4 heteroatoms. The molecule has 0 aliphatic carbocycles. The van der Waals surface area contributed by atoms with Crippen LogP contribution in [0, 0.1) is 10.1 Å². The zero-order valence-electron chi connectivity index (χ0n) is 10.1. The third-order valence-corrected chi connectivity index (χ3v) is 2.72.